The van der Waals surface area contributed by atoms with Crippen LogP contribution in [-0.4, -0.2) is 13.1 Å². The van der Waals surface area contributed by atoms with Crippen molar-refractivity contribution in [1.82, 2.24) is 0 Å². The summed E-state index contributed by atoms with van der Waals surface area (Å²) in [6, 6.07) is 4.58. The zero-order valence-corrected chi connectivity index (χ0v) is 13.9. The topological polar surface area (TPSA) is 52.3 Å². The summed E-state index contributed by atoms with van der Waals surface area (Å²) in [5, 5.41) is 0. The number of hydrogen-bond donors (Lipinski definition) is 1. The van der Waals surface area contributed by atoms with Gasteiger partial charge in [0.05, 0.1) is 7.11 Å². The first-order chi connectivity index (χ1) is 10.1. The minimum absolute atomic E-state index is 0.00506. The highest BCUT2D eigenvalue weighted by molar-refractivity contribution is 5.69. The van der Waals surface area contributed by atoms with E-state index in [9.17, 15) is 4.79 Å². The van der Waals surface area contributed by atoms with Crippen molar-refractivity contribution in [3.8, 4) is 0 Å². The van der Waals surface area contributed by atoms with E-state index in [1.54, 1.807) is 0 Å². The summed E-state index contributed by atoms with van der Waals surface area (Å²) in [4.78, 5) is 11.2. The predicted octanol–water partition coefficient (Wildman–Crippen LogP) is 3.72. The standard InChI is InChI=1S/C18H29NO2/c1-5-13-11-14(6-2)18(15(7-3)12-13)16(19)9-8-10-17(20)21-4/h11-12,16H,5-10,19H2,1-4H3. The summed E-state index contributed by atoms with van der Waals surface area (Å²) in [6.45, 7) is 6.54. The third-order valence-electron chi connectivity index (χ3n) is 4.08. The van der Waals surface area contributed by atoms with Crippen molar-refractivity contribution in [2.75, 3.05) is 7.11 Å². The van der Waals surface area contributed by atoms with Gasteiger partial charge in [-0.05, 0) is 54.4 Å². The van der Waals surface area contributed by atoms with Gasteiger partial charge in [-0.25, -0.2) is 0 Å². The number of methoxy groups -OCH3 is 1. The molecule has 1 unspecified atom stereocenters. The fourth-order valence-corrected chi connectivity index (χ4v) is 2.83. The summed E-state index contributed by atoms with van der Waals surface area (Å²) in [7, 11) is 1.43. The molecule has 0 aromatic heterocycles. The van der Waals surface area contributed by atoms with Gasteiger partial charge in [0.2, 0.25) is 0 Å². The second-order valence-corrected chi connectivity index (χ2v) is 5.46. The fourth-order valence-electron chi connectivity index (χ4n) is 2.83. The first-order valence-corrected chi connectivity index (χ1v) is 8.04. The van der Waals surface area contributed by atoms with Crippen LogP contribution in [0.2, 0.25) is 0 Å². The van der Waals surface area contributed by atoms with E-state index in [4.69, 9.17) is 5.73 Å². The van der Waals surface area contributed by atoms with Crippen LogP contribution >= 0.6 is 0 Å². The molecule has 118 valence electrons. The summed E-state index contributed by atoms with van der Waals surface area (Å²) in [6.07, 6.45) is 5.09. The molecule has 0 aliphatic carbocycles. The number of hydrogen-bond acceptors (Lipinski definition) is 3. The number of carbonyl (C=O) groups excluding carboxylic acids is 1. The Balaban J connectivity index is 2.91. The molecule has 0 amide bonds. The van der Waals surface area contributed by atoms with Crippen molar-refractivity contribution in [1.29, 1.82) is 0 Å². The van der Waals surface area contributed by atoms with Gasteiger partial charge in [0, 0.05) is 12.5 Å². The second-order valence-electron chi connectivity index (χ2n) is 5.46. The normalized spacial score (nSPS) is 12.2. The highest BCUT2D eigenvalue weighted by atomic mass is 16.5. The van der Waals surface area contributed by atoms with E-state index in [-0.39, 0.29) is 12.0 Å². The van der Waals surface area contributed by atoms with Gasteiger partial charge in [0.15, 0.2) is 0 Å². The number of benzene rings is 1. The quantitative estimate of drug-likeness (QED) is 0.743. The average molecular weight is 291 g/mol. The van der Waals surface area contributed by atoms with E-state index in [1.807, 2.05) is 0 Å². The fraction of sp³-hybridized carbons (Fsp3) is 0.611. The molecule has 0 saturated carbocycles. The lowest BCUT2D eigenvalue weighted by Gasteiger charge is -2.21. The Morgan fingerprint density at radius 1 is 1.14 bits per heavy atom. The SMILES string of the molecule is CCc1cc(CC)c(C(N)CCCC(=O)OC)c(CC)c1. The first-order valence-electron chi connectivity index (χ1n) is 8.04. The van der Waals surface area contributed by atoms with Crippen LogP contribution in [-0.2, 0) is 28.8 Å². The lowest BCUT2D eigenvalue weighted by Crippen LogP contribution is -2.16. The van der Waals surface area contributed by atoms with E-state index < -0.39 is 0 Å². The molecule has 0 radical (unpaired) electrons. The summed E-state index contributed by atoms with van der Waals surface area (Å²) >= 11 is 0. The van der Waals surface area contributed by atoms with Crippen LogP contribution < -0.4 is 5.73 Å². The zero-order chi connectivity index (χ0) is 15.8. The Morgan fingerprint density at radius 2 is 1.71 bits per heavy atom. The smallest absolute Gasteiger partial charge is 0.305 e. The monoisotopic (exact) mass is 291 g/mol. The van der Waals surface area contributed by atoms with Crippen LogP contribution in [0.15, 0.2) is 12.1 Å². The van der Waals surface area contributed by atoms with Gasteiger partial charge in [0.25, 0.3) is 0 Å². The third-order valence-corrected chi connectivity index (χ3v) is 4.08. The lowest BCUT2D eigenvalue weighted by molar-refractivity contribution is -0.140. The number of ether oxygens (including phenoxy) is 1. The number of esters is 1. The highest BCUT2D eigenvalue weighted by Crippen LogP contribution is 2.28. The minimum Gasteiger partial charge on any atom is -0.469 e. The van der Waals surface area contributed by atoms with Gasteiger partial charge < -0.3 is 10.5 Å². The molecule has 0 fully saturated rings. The van der Waals surface area contributed by atoms with Crippen LogP contribution in [0.3, 0.4) is 0 Å². The molecule has 0 aliphatic rings. The van der Waals surface area contributed by atoms with E-state index in [0.29, 0.717) is 6.42 Å². The Bertz CT molecular complexity index is 443. The molecule has 3 heteroatoms. The van der Waals surface area contributed by atoms with Gasteiger partial charge in [-0.1, -0.05) is 32.9 Å². The molecule has 0 bridgehead atoms. The van der Waals surface area contributed by atoms with Crippen molar-refractivity contribution in [2.24, 2.45) is 5.73 Å². The van der Waals surface area contributed by atoms with Gasteiger partial charge >= 0.3 is 5.97 Å². The van der Waals surface area contributed by atoms with Crippen molar-refractivity contribution >= 4 is 5.97 Å². The molecule has 1 atom stereocenters. The molecule has 2 N–H and O–H groups in total. The molecule has 1 aromatic rings. The maximum atomic E-state index is 11.2. The van der Waals surface area contributed by atoms with Gasteiger partial charge in [0.1, 0.15) is 0 Å². The maximum Gasteiger partial charge on any atom is 0.305 e. The largest absolute Gasteiger partial charge is 0.469 e. The Kier molecular flexibility index (Phi) is 7.44. The molecule has 0 heterocycles. The first kappa shape index (κ1) is 17.7. The Hall–Kier alpha value is -1.35. The molecule has 3 nitrogen and oxygen atoms in total. The maximum absolute atomic E-state index is 11.2. The summed E-state index contributed by atoms with van der Waals surface area (Å²) in [5.41, 5.74) is 11.8. The summed E-state index contributed by atoms with van der Waals surface area (Å²) < 4.78 is 4.68. The van der Waals surface area contributed by atoms with Crippen LogP contribution in [0.5, 0.6) is 0 Å². The highest BCUT2D eigenvalue weighted by Gasteiger charge is 2.16. The zero-order valence-electron chi connectivity index (χ0n) is 13.9. The van der Waals surface area contributed by atoms with Crippen molar-refractivity contribution in [2.45, 2.75) is 65.3 Å². The molecular weight excluding hydrogens is 262 g/mol. The van der Waals surface area contributed by atoms with E-state index in [1.165, 1.54) is 29.4 Å². The molecule has 0 aliphatic heterocycles. The van der Waals surface area contributed by atoms with Crippen LogP contribution in [0, 0.1) is 0 Å². The van der Waals surface area contributed by atoms with Crippen molar-refractivity contribution in [3.63, 3.8) is 0 Å². The molecular formula is C18H29NO2. The van der Waals surface area contributed by atoms with Crippen LogP contribution in [0.25, 0.3) is 0 Å². The van der Waals surface area contributed by atoms with E-state index in [0.717, 1.165) is 32.1 Å². The Morgan fingerprint density at radius 3 is 2.14 bits per heavy atom. The number of carbonyl (C=O) groups is 1. The molecule has 0 spiro atoms. The molecule has 1 aromatic carbocycles. The summed E-state index contributed by atoms with van der Waals surface area (Å²) in [5.74, 6) is -0.157. The third kappa shape index (κ3) is 4.85. The van der Waals surface area contributed by atoms with Crippen molar-refractivity contribution in [3.05, 3.63) is 34.4 Å². The van der Waals surface area contributed by atoms with Gasteiger partial charge in [-0.3, -0.25) is 4.79 Å². The van der Waals surface area contributed by atoms with Crippen LogP contribution in [0.4, 0.5) is 0 Å². The number of rotatable bonds is 8. The molecule has 21 heavy (non-hydrogen) atoms. The lowest BCUT2D eigenvalue weighted by atomic mass is 9.88. The number of aryl methyl sites for hydroxylation is 3. The predicted molar refractivity (Wildman–Crippen MR) is 87.4 cm³/mol. The average Bonchev–Trinajstić information content (AvgIpc) is 2.52. The second kappa shape index (κ2) is 8.83. The van der Waals surface area contributed by atoms with Gasteiger partial charge in [-0.2, -0.15) is 0 Å². The molecule has 0 saturated heterocycles. The van der Waals surface area contributed by atoms with E-state index >= 15 is 0 Å². The minimum atomic E-state index is -0.157. The van der Waals surface area contributed by atoms with Gasteiger partial charge in [-0.15, -0.1) is 0 Å². The Labute approximate surface area is 128 Å². The van der Waals surface area contributed by atoms with Crippen LogP contribution in [0.1, 0.15) is 68.3 Å². The molecule has 1 rings (SSSR count). The number of nitrogens with two attached hydrogens (primary N) is 1. The van der Waals surface area contributed by atoms with E-state index in [2.05, 4.69) is 37.6 Å². The van der Waals surface area contributed by atoms with Crippen molar-refractivity contribution < 1.29 is 9.53 Å².